The second-order valence-corrected chi connectivity index (χ2v) is 6.60. The molecule has 142 valence electrons. The smallest absolute Gasteiger partial charge is 0.123 e. The van der Waals surface area contributed by atoms with Crippen molar-refractivity contribution in [3.8, 4) is 0 Å². The molecule has 0 amide bonds. The topological polar surface area (TPSA) is 122 Å². The van der Waals surface area contributed by atoms with Gasteiger partial charge >= 0.3 is 0 Å². The molecule has 0 radical (unpaired) electrons. The molecular weight excluding hydrogens is 338 g/mol. The van der Waals surface area contributed by atoms with E-state index < -0.39 is 0 Å². The number of aliphatic imine (C=N–C) groups is 1. The fourth-order valence-electron chi connectivity index (χ4n) is 2.69. The van der Waals surface area contributed by atoms with Crippen LogP contribution < -0.4 is 21.7 Å². The molecule has 7 heteroatoms. The minimum Gasteiger partial charge on any atom is -0.404 e. The molecule has 0 fully saturated rings. The average molecular weight is 365 g/mol. The molecule has 2 aliphatic heterocycles. The van der Waals surface area contributed by atoms with Crippen LogP contribution in [0.4, 0.5) is 0 Å². The zero-order valence-corrected chi connectivity index (χ0v) is 15.9. The van der Waals surface area contributed by atoms with Gasteiger partial charge in [0.2, 0.25) is 0 Å². The van der Waals surface area contributed by atoms with Crippen molar-refractivity contribution in [3.05, 3.63) is 70.6 Å². The molecule has 0 bridgehead atoms. The third kappa shape index (κ3) is 5.57. The van der Waals surface area contributed by atoms with Crippen LogP contribution in [0.15, 0.2) is 75.6 Å². The van der Waals surface area contributed by atoms with Crippen molar-refractivity contribution in [3.63, 3.8) is 0 Å². The maximum atomic E-state index is 8.15. The van der Waals surface area contributed by atoms with Gasteiger partial charge in [0.25, 0.3) is 0 Å². The number of dihydropyridines is 2. The van der Waals surface area contributed by atoms with E-state index in [1.807, 2.05) is 24.4 Å². The van der Waals surface area contributed by atoms with Crippen molar-refractivity contribution in [2.75, 3.05) is 7.05 Å². The van der Waals surface area contributed by atoms with Crippen molar-refractivity contribution in [1.82, 2.24) is 16.0 Å². The normalized spacial score (nSPS) is 17.2. The number of hydrogen-bond acceptors (Lipinski definition) is 6. The molecule has 0 atom stereocenters. The summed E-state index contributed by atoms with van der Waals surface area (Å²) in [5.41, 5.74) is 10.0. The lowest BCUT2D eigenvalue weighted by Crippen LogP contribution is -2.34. The monoisotopic (exact) mass is 365 g/mol. The molecule has 0 aliphatic carbocycles. The van der Waals surface area contributed by atoms with Gasteiger partial charge in [0, 0.05) is 43.0 Å². The Hall–Kier alpha value is -3.35. The van der Waals surface area contributed by atoms with Crippen LogP contribution in [0.3, 0.4) is 0 Å². The summed E-state index contributed by atoms with van der Waals surface area (Å²) in [5.74, 6) is 1.35. The van der Waals surface area contributed by atoms with E-state index in [1.54, 1.807) is 19.3 Å². The largest absolute Gasteiger partial charge is 0.404 e. The number of nitrogens with one attached hydrogen (secondary N) is 5. The predicted molar refractivity (Wildman–Crippen MR) is 112 cm³/mol. The summed E-state index contributed by atoms with van der Waals surface area (Å²) in [7, 11) is 1.70. The molecule has 0 aromatic heterocycles. The highest BCUT2D eigenvalue weighted by Gasteiger charge is 2.16. The van der Waals surface area contributed by atoms with Gasteiger partial charge in [0.05, 0.1) is 11.4 Å². The summed E-state index contributed by atoms with van der Waals surface area (Å²) in [4.78, 5) is 4.01. The van der Waals surface area contributed by atoms with E-state index in [0.29, 0.717) is 11.7 Å². The molecule has 2 aliphatic rings. The van der Waals surface area contributed by atoms with Gasteiger partial charge in [-0.3, -0.25) is 10.4 Å². The Morgan fingerprint density at radius 1 is 1.33 bits per heavy atom. The van der Waals surface area contributed by atoms with Crippen LogP contribution in [0, 0.1) is 16.7 Å². The third-order valence-electron chi connectivity index (χ3n) is 3.87. The van der Waals surface area contributed by atoms with Gasteiger partial charge in [-0.1, -0.05) is 13.8 Å². The van der Waals surface area contributed by atoms with Crippen molar-refractivity contribution < 1.29 is 0 Å². The van der Waals surface area contributed by atoms with Gasteiger partial charge in [0.15, 0.2) is 0 Å². The van der Waals surface area contributed by atoms with E-state index in [-0.39, 0.29) is 5.84 Å². The Balaban J connectivity index is 2.10. The molecule has 0 unspecified atom stereocenters. The maximum Gasteiger partial charge on any atom is 0.123 e. The first-order valence-corrected chi connectivity index (χ1v) is 8.75. The summed E-state index contributed by atoms with van der Waals surface area (Å²) < 4.78 is 0. The standard InChI is InChI=1S/C20H27N7/c1-13(2)6-14(9-21)7-19(23)27-20-5-4-17-18(26-20)8-15(12-25-17)16(10-22)11-24-3/h4-5,7-13,21,25-26H,6,22H2,1-3H3,(H2,23,27). The molecule has 0 aromatic rings. The second-order valence-electron chi connectivity index (χ2n) is 6.60. The van der Waals surface area contributed by atoms with Gasteiger partial charge in [0.1, 0.15) is 11.7 Å². The Morgan fingerprint density at radius 2 is 2.11 bits per heavy atom. The van der Waals surface area contributed by atoms with Crippen LogP contribution >= 0.6 is 0 Å². The Kier molecular flexibility index (Phi) is 6.93. The van der Waals surface area contributed by atoms with Crippen LogP contribution in [0.2, 0.25) is 0 Å². The van der Waals surface area contributed by atoms with E-state index in [9.17, 15) is 0 Å². The number of nitrogens with zero attached hydrogens (tertiary/aromatic N) is 1. The van der Waals surface area contributed by atoms with Crippen LogP contribution in [0.5, 0.6) is 0 Å². The van der Waals surface area contributed by atoms with Crippen LogP contribution in [0.1, 0.15) is 20.3 Å². The first-order valence-electron chi connectivity index (χ1n) is 8.75. The minimum absolute atomic E-state index is 0.227. The van der Waals surface area contributed by atoms with E-state index >= 15 is 0 Å². The van der Waals surface area contributed by atoms with Crippen molar-refractivity contribution in [1.29, 1.82) is 10.8 Å². The zero-order valence-electron chi connectivity index (χ0n) is 15.9. The highest BCUT2D eigenvalue weighted by Crippen LogP contribution is 2.21. The number of rotatable bonds is 7. The first kappa shape index (κ1) is 20.0. The number of hydrogen-bond donors (Lipinski definition) is 6. The molecule has 7 nitrogen and oxygen atoms in total. The molecule has 2 rings (SSSR count). The summed E-state index contributed by atoms with van der Waals surface area (Å²) in [5, 5.41) is 25.2. The Bertz CT molecular complexity index is 817. The lowest BCUT2D eigenvalue weighted by atomic mass is 10.0. The summed E-state index contributed by atoms with van der Waals surface area (Å²) in [6, 6.07) is 0. The number of amidine groups is 1. The lowest BCUT2D eigenvalue weighted by Gasteiger charge is -2.25. The van der Waals surface area contributed by atoms with Gasteiger partial charge in [-0.15, -0.1) is 0 Å². The summed E-state index contributed by atoms with van der Waals surface area (Å²) in [6.07, 6.45) is 14.6. The molecule has 0 saturated carbocycles. The average Bonchev–Trinajstić information content (AvgIpc) is 2.64. The molecule has 0 aromatic carbocycles. The van der Waals surface area contributed by atoms with E-state index in [0.717, 1.165) is 34.5 Å². The van der Waals surface area contributed by atoms with Gasteiger partial charge < -0.3 is 27.1 Å². The second kappa shape index (κ2) is 9.38. The summed E-state index contributed by atoms with van der Waals surface area (Å²) >= 11 is 0. The Morgan fingerprint density at radius 3 is 2.74 bits per heavy atom. The minimum atomic E-state index is 0.227. The predicted octanol–water partition coefficient (Wildman–Crippen LogP) is 2.42. The molecule has 2 heterocycles. The quantitative estimate of drug-likeness (QED) is 0.306. The molecule has 7 N–H and O–H groups in total. The van der Waals surface area contributed by atoms with Crippen molar-refractivity contribution >= 4 is 18.3 Å². The lowest BCUT2D eigenvalue weighted by molar-refractivity contribution is 0.655. The summed E-state index contributed by atoms with van der Waals surface area (Å²) in [6.45, 7) is 4.18. The van der Waals surface area contributed by atoms with Crippen LogP contribution in [-0.4, -0.2) is 25.3 Å². The maximum absolute atomic E-state index is 8.15. The molecule has 27 heavy (non-hydrogen) atoms. The number of nitrogens with two attached hydrogens (primary N) is 1. The van der Waals surface area contributed by atoms with E-state index in [4.69, 9.17) is 16.6 Å². The highest BCUT2D eigenvalue weighted by atomic mass is 15.1. The fraction of sp³-hybridized carbons (Fsp3) is 0.250. The van der Waals surface area contributed by atoms with Crippen LogP contribution in [-0.2, 0) is 0 Å². The zero-order chi connectivity index (χ0) is 19.8. The molecule has 0 spiro atoms. The van der Waals surface area contributed by atoms with Crippen LogP contribution in [0.25, 0.3) is 0 Å². The third-order valence-corrected chi connectivity index (χ3v) is 3.87. The Labute approximate surface area is 160 Å². The van der Waals surface area contributed by atoms with Crippen molar-refractivity contribution in [2.45, 2.75) is 20.3 Å². The van der Waals surface area contributed by atoms with Crippen molar-refractivity contribution in [2.24, 2.45) is 16.6 Å². The highest BCUT2D eigenvalue weighted by molar-refractivity contribution is 5.96. The molecule has 0 saturated heterocycles. The van der Waals surface area contributed by atoms with Gasteiger partial charge in [-0.2, -0.15) is 0 Å². The van der Waals surface area contributed by atoms with Gasteiger partial charge in [-0.05, 0) is 42.2 Å². The SMILES string of the molecule is CN=CC(=CN)C1=CNC2=CC=C(NC(=N)C=C(C=N)CC(C)C)NC2=C1. The molecular formula is C20H27N7. The van der Waals surface area contributed by atoms with E-state index in [2.05, 4.69) is 34.8 Å². The van der Waals surface area contributed by atoms with E-state index in [1.165, 1.54) is 12.4 Å². The fourth-order valence-corrected chi connectivity index (χ4v) is 2.69. The first-order chi connectivity index (χ1) is 13.0. The number of allylic oxidation sites excluding steroid dienone is 6. The van der Waals surface area contributed by atoms with Gasteiger partial charge in [-0.25, -0.2) is 0 Å². The number of fused-ring (bicyclic) bond motifs is 1.